The lowest BCUT2D eigenvalue weighted by Crippen LogP contribution is -2.44. The van der Waals surface area contributed by atoms with Crippen molar-refractivity contribution in [3.8, 4) is 17.8 Å². The number of amides is 1. The summed E-state index contributed by atoms with van der Waals surface area (Å²) in [5.74, 6) is -0.477. The number of nitrogens with one attached hydrogen (secondary N) is 1. The quantitative estimate of drug-likeness (QED) is 0.724. The number of fused-ring (bicyclic) bond motifs is 1. The number of anilines is 1. The van der Waals surface area contributed by atoms with Gasteiger partial charge in [-0.2, -0.15) is 15.2 Å². The van der Waals surface area contributed by atoms with E-state index in [0.29, 0.717) is 25.1 Å². The molecular formula is C16H16N6O5. The maximum absolute atomic E-state index is 12.5. The standard InChI is InChI=1S/C16H16N6O5/c1-26-12-6-13(27-2)20-15(19-12)18-11(23)8-22-14(24)9(7-17)10-4-3-5-21(10)16(22)25/h6H,3-5,8H2,1-2H3,(H,18,19,20,23). The average molecular weight is 372 g/mol. The van der Waals surface area contributed by atoms with E-state index in [0.717, 1.165) is 4.57 Å². The van der Waals surface area contributed by atoms with Crippen molar-refractivity contribution in [3.63, 3.8) is 0 Å². The number of methoxy groups -OCH3 is 2. The maximum atomic E-state index is 12.5. The highest BCUT2D eigenvalue weighted by molar-refractivity contribution is 5.88. The molecule has 3 heterocycles. The van der Waals surface area contributed by atoms with Gasteiger partial charge in [-0.1, -0.05) is 0 Å². The van der Waals surface area contributed by atoms with Crippen LogP contribution >= 0.6 is 0 Å². The second-order valence-electron chi connectivity index (χ2n) is 5.69. The molecule has 0 saturated heterocycles. The zero-order valence-corrected chi connectivity index (χ0v) is 14.7. The van der Waals surface area contributed by atoms with Crippen molar-refractivity contribution < 1.29 is 14.3 Å². The van der Waals surface area contributed by atoms with Gasteiger partial charge in [-0.05, 0) is 12.8 Å². The molecule has 0 fully saturated rings. The molecule has 27 heavy (non-hydrogen) atoms. The molecule has 0 radical (unpaired) electrons. The first-order valence-electron chi connectivity index (χ1n) is 8.02. The number of nitriles is 1. The lowest BCUT2D eigenvalue weighted by molar-refractivity contribution is -0.116. The molecule has 0 spiro atoms. The van der Waals surface area contributed by atoms with Gasteiger partial charge in [-0.15, -0.1) is 0 Å². The third kappa shape index (κ3) is 3.37. The molecule has 1 aliphatic heterocycles. The fraction of sp³-hybridized carbons (Fsp3) is 0.375. The van der Waals surface area contributed by atoms with Crippen molar-refractivity contribution in [2.24, 2.45) is 0 Å². The van der Waals surface area contributed by atoms with Gasteiger partial charge in [0, 0.05) is 12.2 Å². The van der Waals surface area contributed by atoms with Gasteiger partial charge in [0.05, 0.1) is 20.3 Å². The molecule has 0 unspecified atom stereocenters. The lowest BCUT2D eigenvalue weighted by Gasteiger charge is -2.11. The lowest BCUT2D eigenvalue weighted by atomic mass is 10.2. The van der Waals surface area contributed by atoms with Gasteiger partial charge in [-0.3, -0.25) is 19.5 Å². The normalized spacial score (nSPS) is 12.2. The van der Waals surface area contributed by atoms with Crippen molar-refractivity contribution in [2.45, 2.75) is 25.9 Å². The van der Waals surface area contributed by atoms with Crippen LogP contribution in [0.15, 0.2) is 15.7 Å². The molecule has 2 aromatic heterocycles. The minimum Gasteiger partial charge on any atom is -0.481 e. The molecule has 0 saturated carbocycles. The summed E-state index contributed by atoms with van der Waals surface area (Å²) in [5.41, 5.74) is -1.09. The molecule has 0 aliphatic carbocycles. The van der Waals surface area contributed by atoms with Crippen LogP contribution in [-0.4, -0.2) is 39.2 Å². The van der Waals surface area contributed by atoms with E-state index in [1.165, 1.54) is 24.9 Å². The Labute approximate surface area is 152 Å². The largest absolute Gasteiger partial charge is 0.481 e. The summed E-state index contributed by atoms with van der Waals surface area (Å²) in [6.07, 6.45) is 1.15. The van der Waals surface area contributed by atoms with Gasteiger partial charge in [-0.25, -0.2) is 9.36 Å². The minimum absolute atomic E-state index is 0.106. The van der Waals surface area contributed by atoms with Crippen LogP contribution in [0.3, 0.4) is 0 Å². The molecule has 11 nitrogen and oxygen atoms in total. The van der Waals surface area contributed by atoms with Crippen LogP contribution in [0.2, 0.25) is 0 Å². The Hall–Kier alpha value is -3.68. The summed E-state index contributed by atoms with van der Waals surface area (Å²) < 4.78 is 12.1. The smallest absolute Gasteiger partial charge is 0.331 e. The third-order valence-electron chi connectivity index (χ3n) is 4.09. The molecule has 0 aromatic carbocycles. The molecule has 0 atom stereocenters. The van der Waals surface area contributed by atoms with Crippen LogP contribution in [0.5, 0.6) is 11.8 Å². The van der Waals surface area contributed by atoms with Crippen molar-refractivity contribution in [1.82, 2.24) is 19.1 Å². The van der Waals surface area contributed by atoms with Crippen molar-refractivity contribution >= 4 is 11.9 Å². The zero-order chi connectivity index (χ0) is 19.6. The molecule has 1 aliphatic rings. The summed E-state index contributed by atoms with van der Waals surface area (Å²) in [6.45, 7) is -0.170. The van der Waals surface area contributed by atoms with E-state index in [9.17, 15) is 19.6 Å². The van der Waals surface area contributed by atoms with Crippen LogP contribution in [0.4, 0.5) is 5.95 Å². The predicted molar refractivity (Wildman–Crippen MR) is 91.8 cm³/mol. The van der Waals surface area contributed by atoms with E-state index in [2.05, 4.69) is 15.3 Å². The van der Waals surface area contributed by atoms with Gasteiger partial charge in [0.2, 0.25) is 23.6 Å². The van der Waals surface area contributed by atoms with Crippen LogP contribution in [-0.2, 0) is 24.3 Å². The third-order valence-corrected chi connectivity index (χ3v) is 4.09. The first kappa shape index (κ1) is 18.1. The molecule has 3 rings (SSSR count). The van der Waals surface area contributed by atoms with E-state index < -0.39 is 23.7 Å². The van der Waals surface area contributed by atoms with Gasteiger partial charge in [0.15, 0.2) is 0 Å². The summed E-state index contributed by atoms with van der Waals surface area (Å²) >= 11 is 0. The minimum atomic E-state index is -0.782. The van der Waals surface area contributed by atoms with Gasteiger partial charge >= 0.3 is 5.69 Å². The van der Waals surface area contributed by atoms with E-state index in [1.807, 2.05) is 6.07 Å². The molecular weight excluding hydrogens is 356 g/mol. The first-order chi connectivity index (χ1) is 13.0. The number of ether oxygens (including phenoxy) is 2. The number of nitrogens with zero attached hydrogens (tertiary/aromatic N) is 5. The number of aromatic nitrogens is 4. The highest BCUT2D eigenvalue weighted by Gasteiger charge is 2.23. The Morgan fingerprint density at radius 2 is 1.96 bits per heavy atom. The van der Waals surface area contributed by atoms with E-state index in [-0.39, 0.29) is 23.3 Å². The fourth-order valence-electron chi connectivity index (χ4n) is 2.87. The average Bonchev–Trinajstić information content (AvgIpc) is 3.15. The van der Waals surface area contributed by atoms with Crippen LogP contribution < -0.4 is 26.0 Å². The van der Waals surface area contributed by atoms with Crippen molar-refractivity contribution in [2.75, 3.05) is 19.5 Å². The SMILES string of the molecule is COc1cc(OC)nc(NC(=O)Cn2c(=O)c(C#N)c3n(c2=O)CCC3)n1. The van der Waals surface area contributed by atoms with Crippen LogP contribution in [0.1, 0.15) is 17.7 Å². The molecule has 140 valence electrons. The maximum Gasteiger partial charge on any atom is 0.331 e. The summed E-state index contributed by atoms with van der Waals surface area (Å²) in [7, 11) is 2.78. The van der Waals surface area contributed by atoms with Crippen LogP contribution in [0.25, 0.3) is 0 Å². The molecule has 0 bridgehead atoms. The number of hydrogen-bond donors (Lipinski definition) is 1. The Bertz CT molecular complexity index is 1040. The number of hydrogen-bond acceptors (Lipinski definition) is 8. The Morgan fingerprint density at radius 1 is 1.30 bits per heavy atom. The Kier molecular flexibility index (Phi) is 4.89. The molecule has 1 amide bonds. The molecule has 2 aromatic rings. The van der Waals surface area contributed by atoms with Crippen molar-refractivity contribution in [3.05, 3.63) is 38.2 Å². The highest BCUT2D eigenvalue weighted by Crippen LogP contribution is 2.17. The number of carbonyl (C=O) groups is 1. The number of carbonyl (C=O) groups excluding carboxylic acids is 1. The number of rotatable bonds is 5. The summed E-state index contributed by atoms with van der Waals surface area (Å²) in [5, 5.41) is 11.6. The predicted octanol–water partition coefficient (Wildman–Crippen LogP) is -0.726. The Morgan fingerprint density at radius 3 is 2.56 bits per heavy atom. The topological polar surface area (TPSA) is 141 Å². The summed E-state index contributed by atoms with van der Waals surface area (Å²) in [4.78, 5) is 45.2. The molecule has 11 heteroatoms. The fourth-order valence-corrected chi connectivity index (χ4v) is 2.87. The Balaban J connectivity index is 1.91. The first-order valence-corrected chi connectivity index (χ1v) is 8.02. The van der Waals surface area contributed by atoms with Gasteiger partial charge in [0.1, 0.15) is 18.2 Å². The van der Waals surface area contributed by atoms with E-state index in [4.69, 9.17) is 9.47 Å². The highest BCUT2D eigenvalue weighted by atomic mass is 16.5. The monoisotopic (exact) mass is 372 g/mol. The van der Waals surface area contributed by atoms with Crippen molar-refractivity contribution in [1.29, 1.82) is 5.26 Å². The summed E-state index contributed by atoms with van der Waals surface area (Å²) in [6, 6.07) is 3.26. The molecule has 1 N–H and O–H groups in total. The second kappa shape index (κ2) is 7.28. The van der Waals surface area contributed by atoms with Gasteiger partial charge in [0.25, 0.3) is 5.56 Å². The van der Waals surface area contributed by atoms with Crippen LogP contribution in [0, 0.1) is 11.3 Å². The zero-order valence-electron chi connectivity index (χ0n) is 14.7. The van der Waals surface area contributed by atoms with E-state index in [1.54, 1.807) is 0 Å². The van der Waals surface area contributed by atoms with E-state index >= 15 is 0 Å². The second-order valence-corrected chi connectivity index (χ2v) is 5.69. The van der Waals surface area contributed by atoms with Gasteiger partial charge < -0.3 is 9.47 Å².